The van der Waals surface area contributed by atoms with Gasteiger partial charge in [-0.3, -0.25) is 13.9 Å². The lowest BCUT2D eigenvalue weighted by molar-refractivity contribution is -0.139. The van der Waals surface area contributed by atoms with Crippen LogP contribution in [0.5, 0.6) is 0 Å². The van der Waals surface area contributed by atoms with E-state index in [2.05, 4.69) is 5.32 Å². The second-order valence-corrected chi connectivity index (χ2v) is 12.0. The fourth-order valence-electron chi connectivity index (χ4n) is 3.99. The van der Waals surface area contributed by atoms with Crippen LogP contribution in [0.3, 0.4) is 0 Å². The minimum atomic E-state index is -4.15. The van der Waals surface area contributed by atoms with Crippen molar-refractivity contribution in [2.75, 3.05) is 17.4 Å². The van der Waals surface area contributed by atoms with E-state index < -0.39 is 40.2 Å². The molecule has 0 heterocycles. The van der Waals surface area contributed by atoms with Crippen molar-refractivity contribution in [2.24, 2.45) is 5.92 Å². The molecule has 0 saturated carbocycles. The summed E-state index contributed by atoms with van der Waals surface area (Å²) in [6.45, 7) is 8.76. The van der Waals surface area contributed by atoms with Crippen LogP contribution in [0.2, 0.25) is 0 Å². The molecular weight excluding hydrogens is 517 g/mol. The van der Waals surface area contributed by atoms with Gasteiger partial charge in [-0.25, -0.2) is 12.8 Å². The molecule has 0 aliphatic carbocycles. The van der Waals surface area contributed by atoms with Crippen LogP contribution in [-0.2, 0) is 26.2 Å². The molecule has 1 atom stereocenters. The number of nitrogens with zero attached hydrogens (tertiary/aromatic N) is 2. The molecule has 39 heavy (non-hydrogen) atoms. The summed E-state index contributed by atoms with van der Waals surface area (Å²) in [5.41, 5.74) is 2.24. The number of halogens is 1. The van der Waals surface area contributed by atoms with Gasteiger partial charge < -0.3 is 10.2 Å². The Morgan fingerprint density at radius 1 is 0.897 bits per heavy atom. The third kappa shape index (κ3) is 7.66. The van der Waals surface area contributed by atoms with Crippen LogP contribution in [0.15, 0.2) is 77.7 Å². The topological polar surface area (TPSA) is 86.8 Å². The molecule has 0 saturated heterocycles. The Labute approximate surface area is 230 Å². The highest BCUT2D eigenvalue weighted by Gasteiger charge is 2.33. The summed E-state index contributed by atoms with van der Waals surface area (Å²) in [5.74, 6) is -1.37. The van der Waals surface area contributed by atoms with Crippen LogP contribution in [0.25, 0.3) is 0 Å². The molecule has 0 fully saturated rings. The minimum Gasteiger partial charge on any atom is -0.354 e. The molecule has 0 aliphatic heterocycles. The van der Waals surface area contributed by atoms with Crippen molar-refractivity contribution in [2.45, 2.75) is 52.1 Å². The van der Waals surface area contributed by atoms with E-state index in [-0.39, 0.29) is 22.9 Å². The van der Waals surface area contributed by atoms with E-state index in [0.717, 1.165) is 15.4 Å². The summed E-state index contributed by atoms with van der Waals surface area (Å²) in [5, 5.41) is 2.81. The van der Waals surface area contributed by atoms with Gasteiger partial charge in [0.25, 0.3) is 10.0 Å². The van der Waals surface area contributed by atoms with Gasteiger partial charge in [0.1, 0.15) is 18.4 Å². The molecule has 3 aromatic rings. The van der Waals surface area contributed by atoms with Crippen molar-refractivity contribution in [3.8, 4) is 0 Å². The predicted molar refractivity (Wildman–Crippen MR) is 151 cm³/mol. The summed E-state index contributed by atoms with van der Waals surface area (Å²) in [6, 6.07) is 18.2. The normalized spacial score (nSPS) is 12.2. The maximum Gasteiger partial charge on any atom is 0.264 e. The molecule has 9 heteroatoms. The first-order valence-corrected chi connectivity index (χ1v) is 14.3. The van der Waals surface area contributed by atoms with E-state index >= 15 is 0 Å². The maximum atomic E-state index is 14.6. The van der Waals surface area contributed by atoms with E-state index in [0.29, 0.717) is 12.2 Å². The third-order valence-corrected chi connectivity index (χ3v) is 8.12. The van der Waals surface area contributed by atoms with Crippen molar-refractivity contribution in [1.82, 2.24) is 10.2 Å². The summed E-state index contributed by atoms with van der Waals surface area (Å²) in [6.07, 6.45) is 0. The smallest absolute Gasteiger partial charge is 0.264 e. The maximum absolute atomic E-state index is 14.6. The largest absolute Gasteiger partial charge is 0.354 e. The lowest BCUT2D eigenvalue weighted by atomic mass is 10.1. The highest BCUT2D eigenvalue weighted by atomic mass is 32.2. The standard InChI is InChI=1S/C30H36FN3O4S/c1-21(2)18-32-30(36)24(5)33(19-25-10-6-7-12-28(25)31)29(35)20-34(26-11-8-9-23(4)17-26)39(37,38)27-15-13-22(3)14-16-27/h6-17,21,24H,18-20H2,1-5H3,(H,32,36). The van der Waals surface area contributed by atoms with Crippen molar-refractivity contribution < 1.29 is 22.4 Å². The average Bonchev–Trinajstić information content (AvgIpc) is 2.89. The number of amides is 2. The fourth-order valence-corrected chi connectivity index (χ4v) is 5.40. The monoisotopic (exact) mass is 553 g/mol. The van der Waals surface area contributed by atoms with Gasteiger partial charge in [0.2, 0.25) is 11.8 Å². The first-order chi connectivity index (χ1) is 18.4. The lowest BCUT2D eigenvalue weighted by Crippen LogP contribution is -2.51. The van der Waals surface area contributed by atoms with Crippen LogP contribution in [0.4, 0.5) is 10.1 Å². The number of nitrogens with one attached hydrogen (secondary N) is 1. The van der Waals surface area contributed by atoms with E-state index in [9.17, 15) is 22.4 Å². The molecule has 2 amide bonds. The van der Waals surface area contributed by atoms with Crippen molar-refractivity contribution in [1.29, 1.82) is 0 Å². The Bertz CT molecular complexity index is 1410. The summed E-state index contributed by atoms with van der Waals surface area (Å²) < 4.78 is 43.3. The molecule has 0 radical (unpaired) electrons. The van der Waals surface area contributed by atoms with Gasteiger partial charge in [0.15, 0.2) is 0 Å². The zero-order chi connectivity index (χ0) is 28.7. The molecule has 3 rings (SSSR count). The number of benzene rings is 3. The van der Waals surface area contributed by atoms with E-state index in [1.807, 2.05) is 33.8 Å². The SMILES string of the molecule is Cc1ccc(S(=O)(=O)N(CC(=O)N(Cc2ccccc2F)C(C)C(=O)NCC(C)C)c2cccc(C)c2)cc1. The van der Waals surface area contributed by atoms with Gasteiger partial charge in [-0.15, -0.1) is 0 Å². The number of rotatable bonds is 11. The van der Waals surface area contributed by atoms with Gasteiger partial charge in [-0.1, -0.05) is 61.9 Å². The van der Waals surface area contributed by atoms with Crippen LogP contribution in [0.1, 0.15) is 37.5 Å². The number of hydrogen-bond acceptors (Lipinski definition) is 4. The van der Waals surface area contributed by atoms with Crippen molar-refractivity contribution >= 4 is 27.5 Å². The first kappa shape index (κ1) is 29.8. The molecule has 1 N–H and O–H groups in total. The number of carbonyl (C=O) groups is 2. The molecule has 7 nitrogen and oxygen atoms in total. The van der Waals surface area contributed by atoms with E-state index in [1.165, 1.54) is 35.2 Å². The Morgan fingerprint density at radius 2 is 1.56 bits per heavy atom. The van der Waals surface area contributed by atoms with Crippen LogP contribution in [-0.4, -0.2) is 44.3 Å². The lowest BCUT2D eigenvalue weighted by Gasteiger charge is -2.32. The molecule has 208 valence electrons. The Balaban J connectivity index is 2.02. The molecule has 0 aromatic heterocycles. The zero-order valence-corrected chi connectivity index (χ0v) is 23.8. The van der Waals surface area contributed by atoms with Crippen LogP contribution in [0, 0.1) is 25.6 Å². The van der Waals surface area contributed by atoms with Crippen LogP contribution < -0.4 is 9.62 Å². The van der Waals surface area contributed by atoms with Gasteiger partial charge in [-0.05, 0) is 62.6 Å². The molecule has 0 bridgehead atoms. The molecule has 3 aromatic carbocycles. The van der Waals surface area contributed by atoms with E-state index in [4.69, 9.17) is 0 Å². The highest BCUT2D eigenvalue weighted by Crippen LogP contribution is 2.26. The third-order valence-electron chi connectivity index (χ3n) is 6.33. The van der Waals surface area contributed by atoms with Crippen molar-refractivity contribution in [3.63, 3.8) is 0 Å². The molecular formula is C30H36FN3O4S. The Morgan fingerprint density at radius 3 is 2.18 bits per heavy atom. The van der Waals surface area contributed by atoms with Crippen molar-refractivity contribution in [3.05, 3.63) is 95.3 Å². The molecule has 1 unspecified atom stereocenters. The van der Waals surface area contributed by atoms with Crippen LogP contribution >= 0.6 is 0 Å². The number of carbonyl (C=O) groups excluding carboxylic acids is 2. The Kier molecular flexibility index (Phi) is 9.86. The Hall–Kier alpha value is -3.72. The van der Waals surface area contributed by atoms with Gasteiger partial charge in [0.05, 0.1) is 10.6 Å². The summed E-state index contributed by atoms with van der Waals surface area (Å²) in [7, 11) is -4.15. The fraction of sp³-hybridized carbons (Fsp3) is 0.333. The summed E-state index contributed by atoms with van der Waals surface area (Å²) >= 11 is 0. The zero-order valence-electron chi connectivity index (χ0n) is 23.0. The average molecular weight is 554 g/mol. The molecule has 0 spiro atoms. The number of aryl methyl sites for hydroxylation is 2. The number of sulfonamides is 1. The summed E-state index contributed by atoms with van der Waals surface area (Å²) in [4.78, 5) is 28.1. The minimum absolute atomic E-state index is 0.0331. The highest BCUT2D eigenvalue weighted by molar-refractivity contribution is 7.92. The first-order valence-electron chi connectivity index (χ1n) is 12.9. The quantitative estimate of drug-likeness (QED) is 0.369. The van der Waals surface area contributed by atoms with E-state index in [1.54, 1.807) is 43.3 Å². The molecule has 0 aliphatic rings. The number of hydrogen-bond donors (Lipinski definition) is 1. The van der Waals surface area contributed by atoms with Gasteiger partial charge in [0, 0.05) is 18.7 Å². The van der Waals surface area contributed by atoms with Gasteiger partial charge in [-0.2, -0.15) is 0 Å². The second kappa shape index (κ2) is 12.9. The van der Waals surface area contributed by atoms with Gasteiger partial charge >= 0.3 is 0 Å². The predicted octanol–water partition coefficient (Wildman–Crippen LogP) is 4.83. The number of anilines is 1. The second-order valence-electron chi connectivity index (χ2n) is 10.1.